The van der Waals surface area contributed by atoms with Gasteiger partial charge < -0.3 is 21.3 Å². The van der Waals surface area contributed by atoms with E-state index in [4.69, 9.17) is 5.73 Å². The highest BCUT2D eigenvalue weighted by Crippen LogP contribution is 2.23. The van der Waals surface area contributed by atoms with Gasteiger partial charge in [-0.3, -0.25) is 4.79 Å². The van der Waals surface area contributed by atoms with Crippen molar-refractivity contribution in [3.05, 3.63) is 47.5 Å². The molecule has 0 saturated heterocycles. The number of nitrogens with two attached hydrogens (primary N) is 1. The molecular formula is C14H14N2O3. The number of benzene rings is 2. The molecule has 5 nitrogen and oxygen atoms in total. The van der Waals surface area contributed by atoms with E-state index >= 15 is 0 Å². The van der Waals surface area contributed by atoms with Crippen LogP contribution < -0.4 is 11.1 Å². The number of rotatable bonds is 2. The zero-order valence-electron chi connectivity index (χ0n) is 10.3. The summed E-state index contributed by atoms with van der Waals surface area (Å²) in [7, 11) is 0. The summed E-state index contributed by atoms with van der Waals surface area (Å²) in [6.07, 6.45) is 0. The lowest BCUT2D eigenvalue weighted by Gasteiger charge is -2.09. The number of carbonyl (C=O) groups excluding carboxylic acids is 1. The molecule has 0 aliphatic carbocycles. The number of hydrogen-bond acceptors (Lipinski definition) is 4. The van der Waals surface area contributed by atoms with E-state index < -0.39 is 5.91 Å². The molecule has 0 saturated carbocycles. The minimum Gasteiger partial charge on any atom is -0.508 e. The number of aryl methyl sites for hydroxylation is 1. The Hall–Kier alpha value is -2.69. The summed E-state index contributed by atoms with van der Waals surface area (Å²) in [6, 6.07) is 8.96. The standard InChI is InChI=1S/C14H14N2O3/c1-8-2-3-12(15)13(4-8)16-14(19)9-5-10(17)7-11(18)6-9/h2-7,17-18H,15H2,1H3,(H,16,19). The minimum atomic E-state index is -0.455. The van der Waals surface area contributed by atoms with Gasteiger partial charge in [-0.2, -0.15) is 0 Å². The van der Waals surface area contributed by atoms with Crippen molar-refractivity contribution in [2.75, 3.05) is 11.1 Å². The van der Waals surface area contributed by atoms with Gasteiger partial charge in [0.1, 0.15) is 11.5 Å². The third kappa shape index (κ3) is 2.95. The fourth-order valence-electron chi connectivity index (χ4n) is 1.70. The number of anilines is 2. The predicted molar refractivity (Wildman–Crippen MR) is 73.3 cm³/mol. The zero-order valence-corrected chi connectivity index (χ0v) is 10.3. The van der Waals surface area contributed by atoms with Gasteiger partial charge in [0.05, 0.1) is 11.4 Å². The maximum atomic E-state index is 12.0. The van der Waals surface area contributed by atoms with Crippen molar-refractivity contribution >= 4 is 17.3 Å². The maximum Gasteiger partial charge on any atom is 0.255 e. The smallest absolute Gasteiger partial charge is 0.255 e. The molecule has 2 rings (SSSR count). The van der Waals surface area contributed by atoms with Crippen LogP contribution in [0.2, 0.25) is 0 Å². The topological polar surface area (TPSA) is 95.6 Å². The molecule has 0 unspecified atom stereocenters. The fourth-order valence-corrected chi connectivity index (χ4v) is 1.70. The van der Waals surface area contributed by atoms with E-state index in [1.165, 1.54) is 12.1 Å². The molecule has 0 aliphatic heterocycles. The summed E-state index contributed by atoms with van der Waals surface area (Å²) < 4.78 is 0. The van der Waals surface area contributed by atoms with Crippen LogP contribution in [-0.2, 0) is 0 Å². The van der Waals surface area contributed by atoms with Crippen LogP contribution in [0.3, 0.4) is 0 Å². The van der Waals surface area contributed by atoms with Gasteiger partial charge >= 0.3 is 0 Å². The second-order valence-corrected chi connectivity index (χ2v) is 4.28. The van der Waals surface area contributed by atoms with Crippen LogP contribution in [-0.4, -0.2) is 16.1 Å². The normalized spacial score (nSPS) is 10.2. The van der Waals surface area contributed by atoms with Crippen molar-refractivity contribution in [1.29, 1.82) is 0 Å². The largest absolute Gasteiger partial charge is 0.508 e. The number of phenolic OH excluding ortho intramolecular Hbond substituents is 2. The molecule has 5 heteroatoms. The van der Waals surface area contributed by atoms with Crippen LogP contribution in [0.25, 0.3) is 0 Å². The second-order valence-electron chi connectivity index (χ2n) is 4.28. The predicted octanol–water partition coefficient (Wildman–Crippen LogP) is 2.24. The van der Waals surface area contributed by atoms with Gasteiger partial charge in [0.2, 0.25) is 0 Å². The first kappa shape index (κ1) is 12.8. The molecule has 0 atom stereocenters. The summed E-state index contributed by atoms with van der Waals surface area (Å²) >= 11 is 0. The molecule has 1 amide bonds. The van der Waals surface area contributed by atoms with Crippen molar-refractivity contribution in [2.24, 2.45) is 0 Å². The summed E-state index contributed by atoms with van der Waals surface area (Å²) in [5, 5.41) is 21.3. The first-order valence-electron chi connectivity index (χ1n) is 5.66. The molecule has 2 aromatic carbocycles. The van der Waals surface area contributed by atoms with Gasteiger partial charge in [-0.15, -0.1) is 0 Å². The van der Waals surface area contributed by atoms with E-state index in [1.807, 2.05) is 13.0 Å². The Morgan fingerprint density at radius 3 is 2.37 bits per heavy atom. The molecule has 0 spiro atoms. The summed E-state index contributed by atoms with van der Waals surface area (Å²) in [4.78, 5) is 12.0. The lowest BCUT2D eigenvalue weighted by Crippen LogP contribution is -2.13. The van der Waals surface area contributed by atoms with E-state index in [-0.39, 0.29) is 17.1 Å². The molecule has 0 aromatic heterocycles. The quantitative estimate of drug-likeness (QED) is 0.621. The van der Waals surface area contributed by atoms with Crippen LogP contribution in [0, 0.1) is 6.92 Å². The highest BCUT2D eigenvalue weighted by atomic mass is 16.3. The average Bonchev–Trinajstić information content (AvgIpc) is 2.32. The van der Waals surface area contributed by atoms with E-state index in [9.17, 15) is 15.0 Å². The van der Waals surface area contributed by atoms with Crippen molar-refractivity contribution < 1.29 is 15.0 Å². The average molecular weight is 258 g/mol. The van der Waals surface area contributed by atoms with Crippen molar-refractivity contribution in [3.63, 3.8) is 0 Å². The highest BCUT2D eigenvalue weighted by molar-refractivity contribution is 6.06. The van der Waals surface area contributed by atoms with Crippen LogP contribution in [0.15, 0.2) is 36.4 Å². The summed E-state index contributed by atoms with van der Waals surface area (Å²) in [5.74, 6) is -0.812. The second kappa shape index (κ2) is 4.89. The van der Waals surface area contributed by atoms with Crippen LogP contribution in [0.4, 0.5) is 11.4 Å². The monoisotopic (exact) mass is 258 g/mol. The Bertz CT molecular complexity index is 618. The van der Waals surface area contributed by atoms with Gasteiger partial charge in [-0.25, -0.2) is 0 Å². The van der Waals surface area contributed by atoms with Crippen molar-refractivity contribution in [1.82, 2.24) is 0 Å². The molecule has 2 aromatic rings. The Labute approximate surface area is 110 Å². The van der Waals surface area contributed by atoms with Crippen molar-refractivity contribution in [2.45, 2.75) is 6.92 Å². The molecular weight excluding hydrogens is 244 g/mol. The lowest BCUT2D eigenvalue weighted by atomic mass is 10.1. The number of aromatic hydroxyl groups is 2. The zero-order chi connectivity index (χ0) is 14.0. The van der Waals surface area contributed by atoms with Crippen LogP contribution in [0.1, 0.15) is 15.9 Å². The highest BCUT2D eigenvalue weighted by Gasteiger charge is 2.10. The molecule has 98 valence electrons. The third-order valence-electron chi connectivity index (χ3n) is 2.62. The molecule has 19 heavy (non-hydrogen) atoms. The number of nitrogen functional groups attached to an aromatic ring is 1. The first-order chi connectivity index (χ1) is 8.95. The molecule has 0 aliphatic rings. The number of nitrogens with one attached hydrogen (secondary N) is 1. The fraction of sp³-hybridized carbons (Fsp3) is 0.0714. The molecule has 0 bridgehead atoms. The third-order valence-corrected chi connectivity index (χ3v) is 2.62. The first-order valence-corrected chi connectivity index (χ1v) is 5.66. The van der Waals surface area contributed by atoms with Gasteiger partial charge in [0, 0.05) is 11.6 Å². The van der Waals surface area contributed by atoms with E-state index in [1.54, 1.807) is 12.1 Å². The van der Waals surface area contributed by atoms with Gasteiger partial charge in [-0.05, 0) is 36.8 Å². The van der Waals surface area contributed by atoms with Gasteiger partial charge in [0.25, 0.3) is 5.91 Å². The Kier molecular flexibility index (Phi) is 3.29. The van der Waals surface area contributed by atoms with Gasteiger partial charge in [0.15, 0.2) is 0 Å². The summed E-state index contributed by atoms with van der Waals surface area (Å²) in [5.41, 5.74) is 7.82. The number of amides is 1. The lowest BCUT2D eigenvalue weighted by molar-refractivity contribution is 0.102. The Morgan fingerprint density at radius 2 is 1.74 bits per heavy atom. The molecule has 0 fully saturated rings. The minimum absolute atomic E-state index is 0.151. The van der Waals surface area contributed by atoms with Crippen LogP contribution >= 0.6 is 0 Å². The maximum absolute atomic E-state index is 12.0. The molecule has 0 heterocycles. The van der Waals surface area contributed by atoms with E-state index in [0.29, 0.717) is 11.4 Å². The van der Waals surface area contributed by atoms with Crippen LogP contribution in [0.5, 0.6) is 11.5 Å². The Balaban J connectivity index is 2.28. The number of hydrogen-bond donors (Lipinski definition) is 4. The van der Waals surface area contributed by atoms with E-state index in [2.05, 4.69) is 5.32 Å². The van der Waals surface area contributed by atoms with Crippen molar-refractivity contribution in [3.8, 4) is 11.5 Å². The van der Waals surface area contributed by atoms with E-state index in [0.717, 1.165) is 11.6 Å². The number of phenols is 2. The number of carbonyl (C=O) groups is 1. The van der Waals surface area contributed by atoms with Gasteiger partial charge in [-0.1, -0.05) is 6.07 Å². The Morgan fingerprint density at radius 1 is 1.11 bits per heavy atom. The SMILES string of the molecule is Cc1ccc(N)c(NC(=O)c2cc(O)cc(O)c2)c1. The molecule has 5 N–H and O–H groups in total. The molecule has 0 radical (unpaired) electrons. The summed E-state index contributed by atoms with van der Waals surface area (Å²) in [6.45, 7) is 1.88.